The summed E-state index contributed by atoms with van der Waals surface area (Å²) in [6.45, 7) is 3.30. The third kappa shape index (κ3) is 4.11. The number of aryl methyl sites for hydroxylation is 2. The van der Waals surface area contributed by atoms with E-state index in [0.29, 0.717) is 13.0 Å². The number of rotatable bonds is 6. The Hall–Kier alpha value is -1.80. The molecular formula is C10H15F3N4O2. The van der Waals surface area contributed by atoms with Gasteiger partial charge in [-0.1, -0.05) is 6.92 Å². The maximum atomic E-state index is 12.1. The van der Waals surface area contributed by atoms with Crippen molar-refractivity contribution in [3.05, 3.63) is 15.8 Å². The minimum Gasteiger partial charge on any atom is -0.364 e. The maximum Gasteiger partial charge on any atom is 0.390 e. The average Bonchev–Trinajstić information content (AvgIpc) is 2.54. The van der Waals surface area contributed by atoms with Crippen molar-refractivity contribution in [1.29, 1.82) is 0 Å². The van der Waals surface area contributed by atoms with E-state index >= 15 is 0 Å². The quantitative estimate of drug-likeness (QED) is 0.642. The van der Waals surface area contributed by atoms with E-state index in [1.807, 2.05) is 6.92 Å². The highest BCUT2D eigenvalue weighted by Gasteiger charge is 2.29. The number of halogens is 3. The summed E-state index contributed by atoms with van der Waals surface area (Å²) < 4.78 is 37.6. The summed E-state index contributed by atoms with van der Waals surface area (Å²) in [6, 6.07) is 0. The molecule has 0 unspecified atom stereocenters. The lowest BCUT2D eigenvalue weighted by Gasteiger charge is -2.10. The van der Waals surface area contributed by atoms with Crippen LogP contribution in [0.1, 0.15) is 25.5 Å². The number of nitrogens with zero attached hydrogens (tertiary/aromatic N) is 3. The first kappa shape index (κ1) is 15.3. The van der Waals surface area contributed by atoms with Crippen molar-refractivity contribution in [3.8, 4) is 0 Å². The van der Waals surface area contributed by atoms with Crippen molar-refractivity contribution in [3.63, 3.8) is 0 Å². The Labute approximate surface area is 107 Å². The lowest BCUT2D eigenvalue weighted by Crippen LogP contribution is -2.17. The van der Waals surface area contributed by atoms with Crippen LogP contribution in [-0.4, -0.2) is 27.4 Å². The Balaban J connectivity index is 2.92. The van der Waals surface area contributed by atoms with E-state index in [4.69, 9.17) is 0 Å². The number of alkyl halides is 3. The normalized spacial score (nSPS) is 11.6. The highest BCUT2D eigenvalue weighted by atomic mass is 19.4. The third-order valence-electron chi connectivity index (χ3n) is 2.41. The van der Waals surface area contributed by atoms with Crippen molar-refractivity contribution in [1.82, 2.24) is 9.78 Å². The fourth-order valence-corrected chi connectivity index (χ4v) is 1.66. The van der Waals surface area contributed by atoms with Gasteiger partial charge in [-0.25, -0.2) is 4.68 Å². The average molecular weight is 280 g/mol. The van der Waals surface area contributed by atoms with E-state index in [0.717, 1.165) is 0 Å². The topological polar surface area (TPSA) is 73.0 Å². The summed E-state index contributed by atoms with van der Waals surface area (Å²) in [6.07, 6.45) is -4.68. The molecule has 0 amide bonds. The van der Waals surface area contributed by atoms with Crippen LogP contribution in [0.4, 0.5) is 24.7 Å². The Morgan fingerprint density at radius 2 is 2.11 bits per heavy atom. The number of hydrogen-bond donors (Lipinski definition) is 1. The van der Waals surface area contributed by atoms with E-state index in [1.165, 1.54) is 11.6 Å². The summed E-state index contributed by atoms with van der Waals surface area (Å²) in [5, 5.41) is 17.3. The van der Waals surface area contributed by atoms with Crippen molar-refractivity contribution in [2.75, 3.05) is 11.9 Å². The second-order valence-electron chi connectivity index (χ2n) is 4.05. The Morgan fingerprint density at radius 3 is 2.58 bits per heavy atom. The number of hydrogen-bond acceptors (Lipinski definition) is 4. The van der Waals surface area contributed by atoms with Crippen LogP contribution in [0.2, 0.25) is 0 Å². The molecule has 0 saturated carbocycles. The second kappa shape index (κ2) is 5.89. The van der Waals surface area contributed by atoms with E-state index in [1.54, 1.807) is 0 Å². The van der Waals surface area contributed by atoms with E-state index < -0.39 is 24.1 Å². The first-order chi connectivity index (χ1) is 8.76. The van der Waals surface area contributed by atoms with Gasteiger partial charge in [0, 0.05) is 13.1 Å². The molecule has 1 aromatic rings. The molecule has 9 heteroatoms. The first-order valence-corrected chi connectivity index (χ1v) is 5.78. The van der Waals surface area contributed by atoms with Crippen LogP contribution in [-0.2, 0) is 6.54 Å². The van der Waals surface area contributed by atoms with E-state index in [-0.39, 0.29) is 17.2 Å². The molecule has 0 fully saturated rings. The summed E-state index contributed by atoms with van der Waals surface area (Å²) in [7, 11) is 0. The number of nitro groups is 1. The van der Waals surface area contributed by atoms with Crippen LogP contribution < -0.4 is 5.32 Å². The van der Waals surface area contributed by atoms with Gasteiger partial charge in [0.2, 0.25) is 5.82 Å². The molecule has 1 heterocycles. The minimum atomic E-state index is -4.30. The zero-order valence-electron chi connectivity index (χ0n) is 10.6. The van der Waals surface area contributed by atoms with Crippen LogP contribution in [0.3, 0.4) is 0 Å². The first-order valence-electron chi connectivity index (χ1n) is 5.78. The molecule has 1 N–H and O–H groups in total. The Bertz CT molecular complexity index is 456. The molecule has 0 aliphatic carbocycles. The molecule has 0 spiro atoms. The molecule has 0 aliphatic heterocycles. The van der Waals surface area contributed by atoms with Crippen LogP contribution in [0, 0.1) is 17.0 Å². The predicted molar refractivity (Wildman–Crippen MR) is 63.1 cm³/mol. The molecule has 0 atom stereocenters. The SMILES string of the molecule is CCCn1nc(C)c([N+](=O)[O-])c1NCCC(F)(F)F. The summed E-state index contributed by atoms with van der Waals surface area (Å²) >= 11 is 0. The molecule has 0 aromatic carbocycles. The van der Waals surface area contributed by atoms with Gasteiger partial charge >= 0.3 is 11.9 Å². The molecule has 0 aliphatic rings. The smallest absolute Gasteiger partial charge is 0.364 e. The van der Waals surface area contributed by atoms with Crippen LogP contribution >= 0.6 is 0 Å². The van der Waals surface area contributed by atoms with Gasteiger partial charge in [-0.05, 0) is 13.3 Å². The number of aromatic nitrogens is 2. The van der Waals surface area contributed by atoms with Gasteiger partial charge in [-0.2, -0.15) is 18.3 Å². The molecule has 108 valence electrons. The lowest BCUT2D eigenvalue weighted by molar-refractivity contribution is -0.384. The van der Waals surface area contributed by atoms with Gasteiger partial charge in [0.25, 0.3) is 0 Å². The van der Waals surface area contributed by atoms with Crippen LogP contribution in [0.5, 0.6) is 0 Å². The standard InChI is InChI=1S/C10H15F3N4O2/c1-3-6-16-9(14-5-4-10(11,12)13)8(17(18)19)7(2)15-16/h14H,3-6H2,1-2H3. The third-order valence-corrected chi connectivity index (χ3v) is 2.41. The predicted octanol–water partition coefficient (Wildman–Crippen LogP) is 2.87. The maximum absolute atomic E-state index is 12.1. The molecule has 1 aromatic heterocycles. The second-order valence-corrected chi connectivity index (χ2v) is 4.05. The summed E-state index contributed by atoms with van der Waals surface area (Å²) in [5.41, 5.74) is -0.0800. The fourth-order valence-electron chi connectivity index (χ4n) is 1.66. The van der Waals surface area contributed by atoms with Crippen molar-refractivity contribution < 1.29 is 18.1 Å². The van der Waals surface area contributed by atoms with Crippen LogP contribution in [0.25, 0.3) is 0 Å². The molecule has 0 bridgehead atoms. The zero-order valence-corrected chi connectivity index (χ0v) is 10.6. The van der Waals surface area contributed by atoms with Crippen LogP contribution in [0.15, 0.2) is 0 Å². The van der Waals surface area contributed by atoms with Gasteiger partial charge < -0.3 is 5.32 Å². The molecule has 0 saturated heterocycles. The van der Waals surface area contributed by atoms with E-state index in [2.05, 4.69) is 10.4 Å². The van der Waals surface area contributed by atoms with Gasteiger partial charge in [-0.15, -0.1) is 0 Å². The zero-order chi connectivity index (χ0) is 14.6. The number of nitrogens with one attached hydrogen (secondary N) is 1. The van der Waals surface area contributed by atoms with Gasteiger partial charge in [0.1, 0.15) is 5.69 Å². The molecule has 19 heavy (non-hydrogen) atoms. The molecule has 6 nitrogen and oxygen atoms in total. The highest BCUT2D eigenvalue weighted by molar-refractivity contribution is 5.59. The van der Waals surface area contributed by atoms with Gasteiger partial charge in [-0.3, -0.25) is 10.1 Å². The van der Waals surface area contributed by atoms with Crippen molar-refractivity contribution in [2.45, 2.75) is 39.4 Å². The molecular weight excluding hydrogens is 265 g/mol. The van der Waals surface area contributed by atoms with Gasteiger partial charge in [0.15, 0.2) is 0 Å². The highest BCUT2D eigenvalue weighted by Crippen LogP contribution is 2.29. The Morgan fingerprint density at radius 1 is 1.47 bits per heavy atom. The molecule has 0 radical (unpaired) electrons. The van der Waals surface area contributed by atoms with Crippen molar-refractivity contribution >= 4 is 11.5 Å². The summed E-state index contributed by atoms with van der Waals surface area (Å²) in [5.74, 6) is 0.0357. The Kier molecular flexibility index (Phi) is 4.73. The van der Waals surface area contributed by atoms with E-state index in [9.17, 15) is 23.3 Å². The largest absolute Gasteiger partial charge is 0.390 e. The lowest BCUT2D eigenvalue weighted by atomic mass is 10.3. The van der Waals surface area contributed by atoms with Gasteiger partial charge in [0.05, 0.1) is 11.3 Å². The minimum absolute atomic E-state index is 0.0357. The molecule has 1 rings (SSSR count). The monoisotopic (exact) mass is 280 g/mol. The number of anilines is 1. The fraction of sp³-hybridized carbons (Fsp3) is 0.700. The summed E-state index contributed by atoms with van der Waals surface area (Å²) in [4.78, 5) is 10.3. The van der Waals surface area contributed by atoms with Crippen molar-refractivity contribution in [2.24, 2.45) is 0 Å².